The van der Waals surface area contributed by atoms with Crippen LogP contribution in [0.3, 0.4) is 0 Å². The van der Waals surface area contributed by atoms with Crippen LogP contribution in [0.15, 0.2) is 28.2 Å². The lowest BCUT2D eigenvalue weighted by Gasteiger charge is -2.41. The molecule has 2 nitrogen and oxygen atoms in total. The summed E-state index contributed by atoms with van der Waals surface area (Å²) in [6, 6.07) is 4.01. The third-order valence-electron chi connectivity index (χ3n) is 5.78. The predicted octanol–water partition coefficient (Wildman–Crippen LogP) is 5.06. The Morgan fingerprint density at radius 1 is 1.19 bits per heavy atom. The molecule has 2 heteroatoms. The van der Waals surface area contributed by atoms with Crippen LogP contribution in [0.5, 0.6) is 0 Å². The molecular weight excluding hydrogens is 260 g/mol. The quantitative estimate of drug-likeness (QED) is 0.732. The number of rotatable bonds is 1. The first-order valence-corrected chi connectivity index (χ1v) is 8.41. The summed E-state index contributed by atoms with van der Waals surface area (Å²) in [6.07, 6.45) is 5.11. The zero-order valence-corrected chi connectivity index (χ0v) is 13.7. The fraction of sp³-hybridized carbons (Fsp3) is 0.684. The molecule has 2 unspecified atom stereocenters. The van der Waals surface area contributed by atoms with Gasteiger partial charge in [-0.2, -0.15) is 0 Å². The van der Waals surface area contributed by atoms with E-state index in [2.05, 4.69) is 33.8 Å². The molecule has 1 aliphatic carbocycles. The van der Waals surface area contributed by atoms with Crippen LogP contribution in [0, 0.1) is 23.7 Å². The van der Waals surface area contributed by atoms with Crippen LogP contribution in [-0.4, -0.2) is 5.11 Å². The SMILES string of the molecule is CC1=CC[C@H](C(C)C)[C@H]2CC(O)c3ccc(o3)C(C)C[C@@H]12. The molecule has 21 heavy (non-hydrogen) atoms. The number of allylic oxidation sites excluding steroid dienone is 2. The Balaban J connectivity index is 1.98. The van der Waals surface area contributed by atoms with E-state index in [4.69, 9.17) is 4.42 Å². The van der Waals surface area contributed by atoms with Gasteiger partial charge in [-0.3, -0.25) is 0 Å². The van der Waals surface area contributed by atoms with Gasteiger partial charge in [0.2, 0.25) is 0 Å². The summed E-state index contributed by atoms with van der Waals surface area (Å²) < 4.78 is 5.90. The van der Waals surface area contributed by atoms with Gasteiger partial charge in [-0.15, -0.1) is 0 Å². The van der Waals surface area contributed by atoms with Crippen LogP contribution in [0.2, 0.25) is 0 Å². The fourth-order valence-corrected chi connectivity index (χ4v) is 4.43. The van der Waals surface area contributed by atoms with Crippen molar-refractivity contribution in [2.24, 2.45) is 23.7 Å². The highest BCUT2D eigenvalue weighted by Gasteiger charge is 2.38. The highest BCUT2D eigenvalue weighted by molar-refractivity contribution is 5.19. The minimum atomic E-state index is -0.455. The van der Waals surface area contributed by atoms with Crippen molar-refractivity contribution in [3.05, 3.63) is 35.3 Å². The standard InChI is InChI=1S/C19H28O2/c1-11(2)14-6-5-12(3)15-9-13(4)18-7-8-19(21-18)17(20)10-16(14)15/h5,7-8,11,13-17,20H,6,9-10H2,1-4H3/t13?,14-,15+,16-,17?/m1/s1. The van der Waals surface area contributed by atoms with Crippen molar-refractivity contribution < 1.29 is 9.52 Å². The number of hydrogen-bond donors (Lipinski definition) is 1. The molecule has 0 spiro atoms. The first-order valence-electron chi connectivity index (χ1n) is 8.41. The molecule has 3 rings (SSSR count). The van der Waals surface area contributed by atoms with Gasteiger partial charge in [0, 0.05) is 5.92 Å². The van der Waals surface area contributed by atoms with Gasteiger partial charge in [0.15, 0.2) is 0 Å². The summed E-state index contributed by atoms with van der Waals surface area (Å²) in [6.45, 7) is 9.17. The third-order valence-corrected chi connectivity index (χ3v) is 5.78. The zero-order chi connectivity index (χ0) is 15.1. The van der Waals surface area contributed by atoms with E-state index in [0.717, 1.165) is 30.8 Å². The maximum atomic E-state index is 10.6. The molecule has 0 aromatic carbocycles. The molecule has 2 aliphatic rings. The van der Waals surface area contributed by atoms with E-state index in [1.54, 1.807) is 0 Å². The number of aliphatic hydroxyl groups excluding tert-OH is 1. The van der Waals surface area contributed by atoms with Crippen LogP contribution >= 0.6 is 0 Å². The van der Waals surface area contributed by atoms with E-state index in [9.17, 15) is 5.11 Å². The van der Waals surface area contributed by atoms with Gasteiger partial charge in [-0.25, -0.2) is 0 Å². The van der Waals surface area contributed by atoms with Crippen LogP contribution in [0.25, 0.3) is 0 Å². The highest BCUT2D eigenvalue weighted by Crippen LogP contribution is 2.48. The van der Waals surface area contributed by atoms with Gasteiger partial charge in [-0.05, 0) is 62.0 Å². The van der Waals surface area contributed by atoms with Gasteiger partial charge in [0.25, 0.3) is 0 Å². The fourth-order valence-electron chi connectivity index (χ4n) is 4.43. The summed E-state index contributed by atoms with van der Waals surface area (Å²) in [5, 5.41) is 10.6. The minimum Gasteiger partial charge on any atom is -0.463 e. The second-order valence-electron chi connectivity index (χ2n) is 7.49. The summed E-state index contributed by atoms with van der Waals surface area (Å²) in [4.78, 5) is 0. The molecule has 0 fully saturated rings. The molecular formula is C19H28O2. The third kappa shape index (κ3) is 2.70. The van der Waals surface area contributed by atoms with Gasteiger partial charge < -0.3 is 9.52 Å². The van der Waals surface area contributed by atoms with E-state index in [1.165, 1.54) is 5.57 Å². The van der Waals surface area contributed by atoms with Crippen molar-refractivity contribution in [1.29, 1.82) is 0 Å². The molecule has 1 aromatic heterocycles. The minimum absolute atomic E-state index is 0.422. The van der Waals surface area contributed by atoms with Crippen molar-refractivity contribution in [2.75, 3.05) is 0 Å². The molecule has 2 bridgehead atoms. The van der Waals surface area contributed by atoms with Gasteiger partial charge in [0.05, 0.1) is 0 Å². The van der Waals surface area contributed by atoms with Crippen molar-refractivity contribution >= 4 is 0 Å². The summed E-state index contributed by atoms with van der Waals surface area (Å²) >= 11 is 0. The van der Waals surface area contributed by atoms with Gasteiger partial charge in [-0.1, -0.05) is 32.4 Å². The van der Waals surface area contributed by atoms with E-state index >= 15 is 0 Å². The Kier molecular flexibility index (Phi) is 4.00. The average molecular weight is 288 g/mol. The maximum Gasteiger partial charge on any atom is 0.132 e. The van der Waals surface area contributed by atoms with E-state index in [1.807, 2.05) is 12.1 Å². The van der Waals surface area contributed by atoms with Crippen LogP contribution < -0.4 is 0 Å². The van der Waals surface area contributed by atoms with E-state index < -0.39 is 6.10 Å². The Bertz CT molecular complexity index is 525. The highest BCUT2D eigenvalue weighted by atomic mass is 16.4. The van der Waals surface area contributed by atoms with Crippen LogP contribution in [-0.2, 0) is 0 Å². The number of aliphatic hydroxyl groups is 1. The van der Waals surface area contributed by atoms with Crippen molar-refractivity contribution in [3.63, 3.8) is 0 Å². The monoisotopic (exact) mass is 288 g/mol. The van der Waals surface area contributed by atoms with Crippen molar-refractivity contribution in [1.82, 2.24) is 0 Å². The summed E-state index contributed by atoms with van der Waals surface area (Å²) in [7, 11) is 0. The first kappa shape index (κ1) is 14.9. The molecule has 2 heterocycles. The average Bonchev–Trinajstić information content (AvgIpc) is 2.92. The number of fused-ring (bicyclic) bond motifs is 3. The largest absolute Gasteiger partial charge is 0.463 e. The lowest BCUT2D eigenvalue weighted by molar-refractivity contribution is 0.0713. The molecule has 0 radical (unpaired) electrons. The van der Waals surface area contributed by atoms with Gasteiger partial charge in [0.1, 0.15) is 17.6 Å². The Morgan fingerprint density at radius 2 is 1.90 bits per heavy atom. The molecule has 1 aromatic rings. The normalized spacial score (nSPS) is 36.5. The number of furan rings is 1. The topological polar surface area (TPSA) is 33.4 Å². The molecule has 0 amide bonds. The van der Waals surface area contributed by atoms with E-state index in [-0.39, 0.29) is 0 Å². The van der Waals surface area contributed by atoms with E-state index in [0.29, 0.717) is 29.6 Å². The summed E-state index contributed by atoms with van der Waals surface area (Å²) in [5.74, 6) is 4.70. The smallest absolute Gasteiger partial charge is 0.132 e. The predicted molar refractivity (Wildman–Crippen MR) is 85.0 cm³/mol. The molecule has 1 N–H and O–H groups in total. The molecule has 0 saturated carbocycles. The maximum absolute atomic E-state index is 10.6. The van der Waals surface area contributed by atoms with Gasteiger partial charge >= 0.3 is 0 Å². The first-order chi connectivity index (χ1) is 9.97. The lowest BCUT2D eigenvalue weighted by atomic mass is 9.64. The molecule has 0 saturated heterocycles. The Hall–Kier alpha value is -1.02. The zero-order valence-electron chi connectivity index (χ0n) is 13.7. The van der Waals surface area contributed by atoms with Crippen molar-refractivity contribution in [2.45, 2.75) is 59.0 Å². The number of hydrogen-bond acceptors (Lipinski definition) is 2. The lowest BCUT2D eigenvalue weighted by Crippen LogP contribution is -2.33. The summed E-state index contributed by atoms with van der Waals surface area (Å²) in [5.41, 5.74) is 1.52. The molecule has 1 aliphatic heterocycles. The van der Waals surface area contributed by atoms with Crippen molar-refractivity contribution in [3.8, 4) is 0 Å². The van der Waals surface area contributed by atoms with Crippen LogP contribution in [0.1, 0.15) is 70.5 Å². The second kappa shape index (κ2) is 5.64. The Labute approximate surface area is 128 Å². The molecule has 5 atom stereocenters. The van der Waals surface area contributed by atoms with Crippen LogP contribution in [0.4, 0.5) is 0 Å². The molecule has 116 valence electrons. The second-order valence-corrected chi connectivity index (χ2v) is 7.49. The Morgan fingerprint density at radius 3 is 2.62 bits per heavy atom.